The zero-order chi connectivity index (χ0) is 10.4. The summed E-state index contributed by atoms with van der Waals surface area (Å²) in [6, 6.07) is 4.00. The van der Waals surface area contributed by atoms with Crippen molar-refractivity contribution in [3.05, 3.63) is 30.1 Å². The van der Waals surface area contributed by atoms with E-state index >= 15 is 0 Å². The Hall–Kier alpha value is -0.960. The van der Waals surface area contributed by atoms with Crippen molar-refractivity contribution in [2.75, 3.05) is 13.1 Å². The molecule has 1 aromatic rings. The molecular weight excluding hydrogens is 192 g/mol. The molecule has 0 radical (unpaired) electrons. The minimum Gasteiger partial charge on any atom is -0.366 e. The molecule has 0 aliphatic heterocycles. The fraction of sp³-hybridized carbons (Fsp3) is 0.455. The monoisotopic (exact) mass is 208 g/mol. The van der Waals surface area contributed by atoms with Crippen molar-refractivity contribution in [2.24, 2.45) is 0 Å². The van der Waals surface area contributed by atoms with Gasteiger partial charge in [0.1, 0.15) is 0 Å². The topological polar surface area (TPSA) is 16.1 Å². The van der Waals surface area contributed by atoms with Crippen molar-refractivity contribution >= 4 is 17.2 Å². The molecule has 2 nitrogen and oxygen atoms in total. The smallest absolute Gasteiger partial charge is 0.0824 e. The molecule has 0 aromatic carbocycles. The average Bonchev–Trinajstić information content (AvgIpc) is 2.21. The van der Waals surface area contributed by atoms with Gasteiger partial charge in [0.25, 0.3) is 0 Å². The van der Waals surface area contributed by atoms with Gasteiger partial charge in [-0.05, 0) is 25.5 Å². The number of hydrogen-bond acceptors (Lipinski definition) is 2. The van der Waals surface area contributed by atoms with Crippen LogP contribution in [0.3, 0.4) is 0 Å². The van der Waals surface area contributed by atoms with Crippen LogP contribution in [0.1, 0.15) is 19.4 Å². The molecule has 14 heavy (non-hydrogen) atoms. The van der Waals surface area contributed by atoms with Gasteiger partial charge in [-0.1, -0.05) is 18.3 Å². The third-order valence-corrected chi connectivity index (χ3v) is 2.60. The second-order valence-electron chi connectivity index (χ2n) is 3.10. The van der Waals surface area contributed by atoms with E-state index in [2.05, 4.69) is 29.8 Å². The predicted molar refractivity (Wildman–Crippen MR) is 63.5 cm³/mol. The lowest BCUT2D eigenvalue weighted by molar-refractivity contribution is 0.467. The molecule has 0 amide bonds. The van der Waals surface area contributed by atoms with E-state index in [4.69, 9.17) is 12.2 Å². The molecule has 3 heteroatoms. The maximum absolute atomic E-state index is 5.35. The van der Waals surface area contributed by atoms with E-state index in [1.807, 2.05) is 12.3 Å². The lowest BCUT2D eigenvalue weighted by Gasteiger charge is -2.21. The summed E-state index contributed by atoms with van der Waals surface area (Å²) in [6.07, 6.45) is 4.48. The van der Waals surface area contributed by atoms with E-state index in [0.717, 1.165) is 24.5 Å². The van der Waals surface area contributed by atoms with Gasteiger partial charge < -0.3 is 4.90 Å². The number of thiocarbonyl (C=S) groups is 1. The van der Waals surface area contributed by atoms with E-state index in [0.29, 0.717) is 0 Å². The Morgan fingerprint density at radius 1 is 1.43 bits per heavy atom. The average molecular weight is 208 g/mol. The van der Waals surface area contributed by atoms with Gasteiger partial charge in [0.05, 0.1) is 4.99 Å². The highest BCUT2D eigenvalue weighted by atomic mass is 32.1. The van der Waals surface area contributed by atoms with Crippen LogP contribution in [0.2, 0.25) is 0 Å². The van der Waals surface area contributed by atoms with E-state index in [-0.39, 0.29) is 0 Å². The summed E-state index contributed by atoms with van der Waals surface area (Å²) in [5.41, 5.74) is 1.18. The molecule has 0 fully saturated rings. The fourth-order valence-corrected chi connectivity index (χ4v) is 1.79. The first-order valence-electron chi connectivity index (χ1n) is 4.94. The Balaban J connectivity index is 2.57. The SMILES string of the molecule is CCN(CC)C(=S)Cc1cccnc1. The number of rotatable bonds is 4. The molecule has 0 saturated heterocycles. The quantitative estimate of drug-likeness (QED) is 0.706. The zero-order valence-electron chi connectivity index (χ0n) is 8.73. The fourth-order valence-electron chi connectivity index (χ4n) is 1.37. The van der Waals surface area contributed by atoms with Gasteiger partial charge in [-0.15, -0.1) is 0 Å². The standard InChI is InChI=1S/C11H16N2S/c1-3-13(4-2)11(14)8-10-6-5-7-12-9-10/h5-7,9H,3-4,8H2,1-2H3. The van der Waals surface area contributed by atoms with Crippen LogP contribution in [0.15, 0.2) is 24.5 Å². The van der Waals surface area contributed by atoms with Crippen molar-refractivity contribution in [3.8, 4) is 0 Å². The first-order chi connectivity index (χ1) is 6.77. The summed E-state index contributed by atoms with van der Waals surface area (Å²) in [6.45, 7) is 6.21. The minimum absolute atomic E-state index is 0.824. The molecule has 0 spiro atoms. The van der Waals surface area contributed by atoms with Crippen LogP contribution in [0.25, 0.3) is 0 Å². The number of aromatic nitrogens is 1. The van der Waals surface area contributed by atoms with Crippen molar-refractivity contribution in [3.63, 3.8) is 0 Å². The van der Waals surface area contributed by atoms with E-state index in [1.54, 1.807) is 6.20 Å². The summed E-state index contributed by atoms with van der Waals surface area (Å²) >= 11 is 5.35. The van der Waals surface area contributed by atoms with Gasteiger partial charge in [-0.25, -0.2) is 0 Å². The highest BCUT2D eigenvalue weighted by molar-refractivity contribution is 7.80. The number of hydrogen-bond donors (Lipinski definition) is 0. The summed E-state index contributed by atoms with van der Waals surface area (Å²) in [4.78, 5) is 7.27. The van der Waals surface area contributed by atoms with Crippen molar-refractivity contribution in [1.82, 2.24) is 9.88 Å². The summed E-state index contributed by atoms with van der Waals surface area (Å²) in [5, 5.41) is 0. The second kappa shape index (κ2) is 5.70. The van der Waals surface area contributed by atoms with E-state index < -0.39 is 0 Å². The highest BCUT2D eigenvalue weighted by Gasteiger charge is 2.05. The minimum atomic E-state index is 0.824. The first-order valence-corrected chi connectivity index (χ1v) is 5.35. The highest BCUT2D eigenvalue weighted by Crippen LogP contribution is 2.02. The van der Waals surface area contributed by atoms with Crippen LogP contribution < -0.4 is 0 Å². The van der Waals surface area contributed by atoms with Crippen LogP contribution in [0.4, 0.5) is 0 Å². The third kappa shape index (κ3) is 3.07. The van der Waals surface area contributed by atoms with Gasteiger partial charge in [0.15, 0.2) is 0 Å². The van der Waals surface area contributed by atoms with Crippen LogP contribution in [0.5, 0.6) is 0 Å². The van der Waals surface area contributed by atoms with Crippen LogP contribution in [-0.4, -0.2) is 28.0 Å². The third-order valence-electron chi connectivity index (χ3n) is 2.19. The number of pyridine rings is 1. The Kier molecular flexibility index (Phi) is 4.53. The normalized spacial score (nSPS) is 9.86. The summed E-state index contributed by atoms with van der Waals surface area (Å²) < 4.78 is 0. The first kappa shape index (κ1) is 11.1. The lowest BCUT2D eigenvalue weighted by atomic mass is 10.2. The van der Waals surface area contributed by atoms with Gasteiger partial charge in [-0.3, -0.25) is 4.98 Å². The molecule has 1 rings (SSSR count). The van der Waals surface area contributed by atoms with Gasteiger partial charge in [0, 0.05) is 31.9 Å². The molecule has 0 saturated carbocycles. The summed E-state index contributed by atoms with van der Waals surface area (Å²) in [5.74, 6) is 0. The number of nitrogens with zero attached hydrogens (tertiary/aromatic N) is 2. The molecule has 0 aliphatic rings. The molecule has 76 valence electrons. The van der Waals surface area contributed by atoms with Crippen LogP contribution in [-0.2, 0) is 6.42 Å². The lowest BCUT2D eigenvalue weighted by Crippen LogP contribution is -2.30. The van der Waals surface area contributed by atoms with Crippen LogP contribution in [0, 0.1) is 0 Å². The van der Waals surface area contributed by atoms with Crippen molar-refractivity contribution in [1.29, 1.82) is 0 Å². The Labute approximate surface area is 91.0 Å². The Bertz CT molecular complexity index is 281. The Morgan fingerprint density at radius 3 is 2.64 bits per heavy atom. The largest absolute Gasteiger partial charge is 0.366 e. The second-order valence-corrected chi connectivity index (χ2v) is 3.58. The maximum atomic E-state index is 5.35. The van der Waals surface area contributed by atoms with Crippen molar-refractivity contribution in [2.45, 2.75) is 20.3 Å². The molecule has 0 unspecified atom stereocenters. The van der Waals surface area contributed by atoms with Gasteiger partial charge in [0.2, 0.25) is 0 Å². The van der Waals surface area contributed by atoms with Gasteiger partial charge in [-0.2, -0.15) is 0 Å². The Morgan fingerprint density at radius 2 is 2.14 bits per heavy atom. The molecular formula is C11H16N2S. The predicted octanol–water partition coefficient (Wildman–Crippen LogP) is 2.29. The molecule has 1 aromatic heterocycles. The maximum Gasteiger partial charge on any atom is 0.0824 e. The molecule has 1 heterocycles. The zero-order valence-corrected chi connectivity index (χ0v) is 9.55. The molecule has 0 N–H and O–H groups in total. The van der Waals surface area contributed by atoms with E-state index in [1.165, 1.54) is 5.56 Å². The molecule has 0 atom stereocenters. The van der Waals surface area contributed by atoms with Gasteiger partial charge >= 0.3 is 0 Å². The molecule has 0 bridgehead atoms. The van der Waals surface area contributed by atoms with Crippen molar-refractivity contribution < 1.29 is 0 Å². The summed E-state index contributed by atoms with van der Waals surface area (Å²) in [7, 11) is 0. The van der Waals surface area contributed by atoms with Crippen LogP contribution >= 0.6 is 12.2 Å². The molecule has 0 aliphatic carbocycles. The number of likely N-dealkylation sites (N-methyl/N-ethyl adjacent to an activating group) is 1. The van der Waals surface area contributed by atoms with E-state index in [9.17, 15) is 0 Å².